The minimum absolute atomic E-state index is 0.461. The maximum atomic E-state index is 6.44. The minimum atomic E-state index is 0.461. The van der Waals surface area contributed by atoms with E-state index in [4.69, 9.17) is 10.7 Å². The largest absolute Gasteiger partial charge is 0.384 e. The maximum Gasteiger partial charge on any atom is 0.127 e. The quantitative estimate of drug-likeness (QED) is 0.899. The number of aromatic nitrogens is 2. The second-order valence-corrected chi connectivity index (χ2v) is 6.69. The lowest BCUT2D eigenvalue weighted by Gasteiger charge is -2.11. The highest BCUT2D eigenvalue weighted by molar-refractivity contribution is 5.42. The van der Waals surface area contributed by atoms with E-state index in [1.807, 2.05) is 0 Å². The highest BCUT2D eigenvalue weighted by atomic mass is 15.2. The van der Waals surface area contributed by atoms with Gasteiger partial charge in [0.1, 0.15) is 11.6 Å². The van der Waals surface area contributed by atoms with Crippen LogP contribution in [0.2, 0.25) is 0 Å². The number of nitrogens with zero attached hydrogens (tertiary/aromatic N) is 2. The first-order valence-corrected chi connectivity index (χ1v) is 8.15. The molecule has 0 saturated heterocycles. The van der Waals surface area contributed by atoms with Crippen LogP contribution >= 0.6 is 0 Å². The Hall–Kier alpha value is -1.77. The van der Waals surface area contributed by atoms with Crippen LogP contribution in [0.25, 0.3) is 0 Å². The Morgan fingerprint density at radius 3 is 2.52 bits per heavy atom. The Balaban J connectivity index is 1.61. The molecule has 1 aromatic carbocycles. The summed E-state index contributed by atoms with van der Waals surface area (Å²) in [5, 5.41) is 0. The van der Waals surface area contributed by atoms with Crippen molar-refractivity contribution in [3.8, 4) is 0 Å². The molecule has 1 heterocycles. The van der Waals surface area contributed by atoms with Gasteiger partial charge in [-0.15, -0.1) is 0 Å². The zero-order valence-electron chi connectivity index (χ0n) is 12.6. The highest BCUT2D eigenvalue weighted by Crippen LogP contribution is 2.47. The molecule has 0 bridgehead atoms. The number of nitrogens with two attached hydrogens (primary N) is 1. The van der Waals surface area contributed by atoms with Crippen LogP contribution in [-0.4, -0.2) is 9.55 Å². The molecule has 2 fully saturated rings. The molecule has 2 aliphatic rings. The Morgan fingerprint density at radius 1 is 1.19 bits per heavy atom. The Bertz CT molecular complexity index is 636. The summed E-state index contributed by atoms with van der Waals surface area (Å²) in [7, 11) is 0. The zero-order valence-corrected chi connectivity index (χ0v) is 12.6. The number of imidazole rings is 1. The van der Waals surface area contributed by atoms with Gasteiger partial charge in [0, 0.05) is 12.0 Å². The molecule has 21 heavy (non-hydrogen) atoms. The molecular formula is C18H23N3. The molecule has 2 aliphatic carbocycles. The summed E-state index contributed by atoms with van der Waals surface area (Å²) in [4.78, 5) is 4.94. The molecule has 1 aromatic heterocycles. The molecule has 2 saturated carbocycles. The van der Waals surface area contributed by atoms with Gasteiger partial charge in [-0.25, -0.2) is 4.98 Å². The fourth-order valence-electron chi connectivity index (χ4n) is 3.20. The van der Waals surface area contributed by atoms with E-state index in [1.54, 1.807) is 0 Å². The fraction of sp³-hybridized carbons (Fsp3) is 0.500. The van der Waals surface area contributed by atoms with E-state index in [2.05, 4.69) is 41.8 Å². The van der Waals surface area contributed by atoms with Crippen molar-refractivity contribution in [3.05, 3.63) is 47.4 Å². The summed E-state index contributed by atoms with van der Waals surface area (Å²) in [6, 6.07) is 11.3. The summed E-state index contributed by atoms with van der Waals surface area (Å²) in [5.41, 5.74) is 8.92. The molecule has 1 unspecified atom stereocenters. The lowest BCUT2D eigenvalue weighted by atomic mass is 9.96. The summed E-state index contributed by atoms with van der Waals surface area (Å²) >= 11 is 0. The van der Waals surface area contributed by atoms with Crippen molar-refractivity contribution in [3.63, 3.8) is 0 Å². The average molecular weight is 281 g/mol. The predicted molar refractivity (Wildman–Crippen MR) is 85.4 cm³/mol. The van der Waals surface area contributed by atoms with E-state index in [1.165, 1.54) is 37.1 Å². The monoisotopic (exact) mass is 281 g/mol. The first-order valence-electron chi connectivity index (χ1n) is 8.15. The molecule has 110 valence electrons. The minimum Gasteiger partial charge on any atom is -0.384 e. The van der Waals surface area contributed by atoms with Crippen molar-refractivity contribution in [1.82, 2.24) is 9.55 Å². The Morgan fingerprint density at radius 2 is 1.90 bits per heavy atom. The van der Waals surface area contributed by atoms with Gasteiger partial charge in [0.05, 0.1) is 5.69 Å². The van der Waals surface area contributed by atoms with Crippen LogP contribution in [0.15, 0.2) is 30.3 Å². The van der Waals surface area contributed by atoms with Gasteiger partial charge in [-0.3, -0.25) is 0 Å². The maximum absolute atomic E-state index is 6.44. The van der Waals surface area contributed by atoms with Gasteiger partial charge in [0.25, 0.3) is 0 Å². The fourth-order valence-corrected chi connectivity index (χ4v) is 3.20. The van der Waals surface area contributed by atoms with E-state index in [-0.39, 0.29) is 0 Å². The highest BCUT2D eigenvalue weighted by Gasteiger charge is 2.36. The van der Waals surface area contributed by atoms with Crippen molar-refractivity contribution in [2.45, 2.75) is 56.9 Å². The number of hydrogen-bond acceptors (Lipinski definition) is 2. The van der Waals surface area contributed by atoms with Crippen molar-refractivity contribution in [2.24, 2.45) is 0 Å². The number of benzene rings is 1. The van der Waals surface area contributed by atoms with Gasteiger partial charge in [-0.2, -0.15) is 0 Å². The van der Waals surface area contributed by atoms with Crippen LogP contribution in [-0.2, 0) is 6.42 Å². The third-order valence-electron chi connectivity index (χ3n) is 4.77. The normalized spacial score (nSPS) is 19.7. The van der Waals surface area contributed by atoms with Gasteiger partial charge in [0.15, 0.2) is 0 Å². The number of rotatable bonds is 5. The molecule has 2 N–H and O–H groups in total. The Labute approximate surface area is 126 Å². The molecule has 1 atom stereocenters. The lowest BCUT2D eigenvalue weighted by molar-refractivity contribution is 0.691. The lowest BCUT2D eigenvalue weighted by Crippen LogP contribution is -2.06. The van der Waals surface area contributed by atoms with Gasteiger partial charge in [-0.1, -0.05) is 37.3 Å². The molecule has 3 nitrogen and oxygen atoms in total. The number of anilines is 1. The van der Waals surface area contributed by atoms with Gasteiger partial charge in [-0.05, 0) is 43.6 Å². The summed E-state index contributed by atoms with van der Waals surface area (Å²) in [6.45, 7) is 2.27. The van der Waals surface area contributed by atoms with Gasteiger partial charge >= 0.3 is 0 Å². The number of hydrogen-bond donors (Lipinski definition) is 1. The first-order chi connectivity index (χ1) is 10.2. The van der Waals surface area contributed by atoms with Gasteiger partial charge < -0.3 is 10.3 Å². The molecular weight excluding hydrogens is 258 g/mol. The van der Waals surface area contributed by atoms with E-state index < -0.39 is 0 Å². The van der Waals surface area contributed by atoms with Crippen molar-refractivity contribution in [2.75, 3.05) is 5.73 Å². The molecule has 0 aliphatic heterocycles. The van der Waals surface area contributed by atoms with Crippen LogP contribution < -0.4 is 5.73 Å². The van der Waals surface area contributed by atoms with E-state index in [0.29, 0.717) is 17.9 Å². The topological polar surface area (TPSA) is 43.8 Å². The Kier molecular flexibility index (Phi) is 3.02. The van der Waals surface area contributed by atoms with Crippen LogP contribution in [0.1, 0.15) is 67.6 Å². The molecule has 3 heteroatoms. The van der Waals surface area contributed by atoms with Crippen molar-refractivity contribution < 1.29 is 0 Å². The third kappa shape index (κ3) is 2.45. The number of nitrogen functional groups attached to an aromatic ring is 1. The first kappa shape index (κ1) is 12.9. The van der Waals surface area contributed by atoms with Crippen LogP contribution in [0.5, 0.6) is 0 Å². The van der Waals surface area contributed by atoms with Crippen LogP contribution in [0.4, 0.5) is 5.82 Å². The van der Waals surface area contributed by atoms with Crippen LogP contribution in [0, 0.1) is 0 Å². The van der Waals surface area contributed by atoms with E-state index in [9.17, 15) is 0 Å². The average Bonchev–Trinajstić information content (AvgIpc) is 3.40. The third-order valence-corrected chi connectivity index (χ3v) is 4.77. The molecule has 4 rings (SSSR count). The second kappa shape index (κ2) is 4.90. The molecule has 2 aromatic rings. The summed E-state index contributed by atoms with van der Waals surface area (Å²) in [5.74, 6) is 3.34. The summed E-state index contributed by atoms with van der Waals surface area (Å²) in [6.07, 6.45) is 6.06. The molecule has 0 radical (unpaired) electrons. The molecule has 0 spiro atoms. The van der Waals surface area contributed by atoms with E-state index in [0.717, 1.165) is 17.9 Å². The second-order valence-electron chi connectivity index (χ2n) is 6.69. The van der Waals surface area contributed by atoms with E-state index >= 15 is 0 Å². The molecule has 0 amide bonds. The summed E-state index contributed by atoms with van der Waals surface area (Å²) < 4.78 is 2.35. The smallest absolute Gasteiger partial charge is 0.127 e. The SMILES string of the molecule is CC(Cc1nc(C2CC2)n(C2CC2)c1N)c1ccccc1. The van der Waals surface area contributed by atoms with Crippen molar-refractivity contribution in [1.29, 1.82) is 0 Å². The predicted octanol–water partition coefficient (Wildman–Crippen LogP) is 4.02. The standard InChI is InChI=1S/C18H23N3/c1-12(13-5-3-2-4-6-13)11-16-17(19)21(15-9-10-15)18(20-16)14-7-8-14/h2-6,12,14-15H,7-11,19H2,1H3. The van der Waals surface area contributed by atoms with Gasteiger partial charge in [0.2, 0.25) is 0 Å². The van der Waals surface area contributed by atoms with Crippen molar-refractivity contribution >= 4 is 5.82 Å². The zero-order chi connectivity index (χ0) is 14.4. The van der Waals surface area contributed by atoms with Crippen LogP contribution in [0.3, 0.4) is 0 Å².